The van der Waals surface area contributed by atoms with Gasteiger partial charge in [0.05, 0.1) is 30.0 Å². The van der Waals surface area contributed by atoms with Crippen molar-refractivity contribution in [3.63, 3.8) is 0 Å². The van der Waals surface area contributed by atoms with Gasteiger partial charge in [-0.3, -0.25) is 19.8 Å². The van der Waals surface area contributed by atoms with Gasteiger partial charge in [-0.2, -0.15) is 5.10 Å². The molecule has 0 atom stereocenters. The van der Waals surface area contributed by atoms with Gasteiger partial charge in [0, 0.05) is 17.3 Å². The van der Waals surface area contributed by atoms with Gasteiger partial charge in [-0.25, -0.2) is 0 Å². The van der Waals surface area contributed by atoms with Gasteiger partial charge in [0.1, 0.15) is 0 Å². The van der Waals surface area contributed by atoms with Crippen LogP contribution in [0.4, 0.5) is 11.4 Å². The second-order valence-electron chi connectivity index (χ2n) is 5.74. The number of benzene rings is 2. The summed E-state index contributed by atoms with van der Waals surface area (Å²) in [5.74, 6) is -0.0120. The van der Waals surface area contributed by atoms with Gasteiger partial charge in [0.15, 0.2) is 0 Å². The Balaban J connectivity index is 1.74. The third-order valence-corrected chi connectivity index (χ3v) is 4.03. The average molecular weight is 328 g/mol. The van der Waals surface area contributed by atoms with Crippen molar-refractivity contribution in [2.45, 2.75) is 6.42 Å². The number of aromatic nitrogens is 3. The zero-order chi connectivity index (χ0) is 17.1. The van der Waals surface area contributed by atoms with Gasteiger partial charge in [-0.05, 0) is 35.9 Å². The first-order chi connectivity index (χ1) is 12.3. The van der Waals surface area contributed by atoms with E-state index in [1.165, 1.54) is 0 Å². The molecule has 2 aromatic heterocycles. The summed E-state index contributed by atoms with van der Waals surface area (Å²) in [6.45, 7) is 0. The molecule has 0 spiro atoms. The van der Waals surface area contributed by atoms with Crippen LogP contribution in [0.15, 0.2) is 79.3 Å². The van der Waals surface area contributed by atoms with Gasteiger partial charge in [-0.1, -0.05) is 30.3 Å². The number of nitrogens with one attached hydrogen (secondary N) is 1. The number of aromatic amines is 1. The highest BCUT2D eigenvalue weighted by Gasteiger charge is 2.19. The number of fused-ring (bicyclic) bond motifs is 1. The minimum absolute atomic E-state index is 0.0120. The Morgan fingerprint density at radius 3 is 2.64 bits per heavy atom. The van der Waals surface area contributed by atoms with Gasteiger partial charge >= 0.3 is 0 Å². The van der Waals surface area contributed by atoms with E-state index in [-0.39, 0.29) is 5.91 Å². The Labute approximate surface area is 144 Å². The number of anilines is 2. The molecule has 0 fully saturated rings. The number of nitrogens with zero attached hydrogens (tertiary/aromatic N) is 3. The molecule has 2 aromatic carbocycles. The first kappa shape index (κ1) is 15.1. The van der Waals surface area contributed by atoms with E-state index in [2.05, 4.69) is 15.2 Å². The van der Waals surface area contributed by atoms with E-state index in [0.717, 1.165) is 27.8 Å². The van der Waals surface area contributed by atoms with Crippen molar-refractivity contribution in [3.8, 4) is 0 Å². The zero-order valence-corrected chi connectivity index (χ0v) is 13.5. The highest BCUT2D eigenvalue weighted by Crippen LogP contribution is 2.28. The van der Waals surface area contributed by atoms with Crippen LogP contribution in [0.5, 0.6) is 0 Å². The molecule has 0 saturated carbocycles. The van der Waals surface area contributed by atoms with Crippen molar-refractivity contribution in [1.82, 2.24) is 15.2 Å². The molecule has 5 nitrogen and oxygen atoms in total. The molecule has 1 N–H and O–H groups in total. The molecule has 0 bridgehead atoms. The quantitative estimate of drug-likeness (QED) is 0.618. The molecule has 0 unspecified atom stereocenters. The van der Waals surface area contributed by atoms with E-state index in [9.17, 15) is 4.79 Å². The molecule has 0 radical (unpaired) electrons. The molecule has 4 aromatic rings. The highest BCUT2D eigenvalue weighted by atomic mass is 16.2. The summed E-state index contributed by atoms with van der Waals surface area (Å²) in [5.41, 5.74) is 3.45. The lowest BCUT2D eigenvalue weighted by molar-refractivity contribution is -0.117. The predicted molar refractivity (Wildman–Crippen MR) is 97.6 cm³/mol. The summed E-state index contributed by atoms with van der Waals surface area (Å²) in [4.78, 5) is 18.9. The lowest BCUT2D eigenvalue weighted by Gasteiger charge is -2.23. The van der Waals surface area contributed by atoms with Crippen LogP contribution in [0, 0.1) is 0 Å². The van der Waals surface area contributed by atoms with Crippen molar-refractivity contribution in [2.75, 3.05) is 4.90 Å². The summed E-state index contributed by atoms with van der Waals surface area (Å²) in [7, 11) is 0. The van der Waals surface area contributed by atoms with Crippen molar-refractivity contribution in [1.29, 1.82) is 0 Å². The largest absolute Gasteiger partial charge is 0.279 e. The van der Waals surface area contributed by atoms with E-state index < -0.39 is 0 Å². The summed E-state index contributed by atoms with van der Waals surface area (Å²) in [6, 6.07) is 19.2. The molecule has 0 aliphatic carbocycles. The average Bonchev–Trinajstić information content (AvgIpc) is 3.11. The maximum absolute atomic E-state index is 13.1. The van der Waals surface area contributed by atoms with Crippen molar-refractivity contribution < 1.29 is 4.79 Å². The summed E-state index contributed by atoms with van der Waals surface area (Å²) in [5, 5.41) is 7.93. The summed E-state index contributed by atoms with van der Waals surface area (Å²) in [6.07, 6.45) is 5.46. The van der Waals surface area contributed by atoms with Crippen LogP contribution >= 0.6 is 0 Å². The molecular weight excluding hydrogens is 312 g/mol. The van der Waals surface area contributed by atoms with Crippen molar-refractivity contribution in [2.24, 2.45) is 0 Å². The van der Waals surface area contributed by atoms with Crippen LogP contribution in [-0.2, 0) is 11.2 Å². The Kier molecular flexibility index (Phi) is 3.96. The first-order valence-corrected chi connectivity index (χ1v) is 8.01. The SMILES string of the molecule is O=C(Cc1ccccc1)N(c1cccnc1)c1ccc2[nH]ncc2c1. The maximum Gasteiger partial charge on any atom is 0.236 e. The number of carbonyl (C=O) groups is 1. The fourth-order valence-corrected chi connectivity index (χ4v) is 2.84. The molecule has 1 amide bonds. The van der Waals surface area contributed by atoms with Crippen LogP contribution in [0.1, 0.15) is 5.56 Å². The normalized spacial score (nSPS) is 10.7. The minimum atomic E-state index is -0.0120. The molecule has 0 aliphatic rings. The second-order valence-corrected chi connectivity index (χ2v) is 5.74. The van der Waals surface area contributed by atoms with Crippen LogP contribution in [0.25, 0.3) is 10.9 Å². The standard InChI is InChI=1S/C20H16N4O/c25-20(11-15-5-2-1-3-6-15)24(18-7-4-10-21-14-18)17-8-9-19-16(12-17)13-22-23-19/h1-10,12-14H,11H2,(H,22,23). The molecule has 25 heavy (non-hydrogen) atoms. The fourth-order valence-electron chi connectivity index (χ4n) is 2.84. The number of hydrogen-bond acceptors (Lipinski definition) is 3. The molecule has 0 aliphatic heterocycles. The Hall–Kier alpha value is -3.47. The van der Waals surface area contributed by atoms with Crippen LogP contribution in [-0.4, -0.2) is 21.1 Å². The molecule has 2 heterocycles. The van der Waals surface area contributed by atoms with Gasteiger partial charge in [0.2, 0.25) is 5.91 Å². The second kappa shape index (κ2) is 6.57. The van der Waals surface area contributed by atoms with E-state index >= 15 is 0 Å². The first-order valence-electron chi connectivity index (χ1n) is 8.01. The summed E-state index contributed by atoms with van der Waals surface area (Å²) >= 11 is 0. The molecular formula is C20H16N4O. The third kappa shape index (κ3) is 3.12. The van der Waals surface area contributed by atoms with Crippen LogP contribution in [0.3, 0.4) is 0 Å². The van der Waals surface area contributed by atoms with E-state index in [1.807, 2.05) is 60.7 Å². The van der Waals surface area contributed by atoms with Gasteiger partial charge < -0.3 is 0 Å². The maximum atomic E-state index is 13.1. The molecule has 4 rings (SSSR count). The number of carbonyl (C=O) groups excluding carboxylic acids is 1. The Morgan fingerprint density at radius 1 is 0.960 bits per heavy atom. The van der Waals surface area contributed by atoms with Crippen molar-refractivity contribution >= 4 is 28.2 Å². The minimum Gasteiger partial charge on any atom is -0.279 e. The lowest BCUT2D eigenvalue weighted by Crippen LogP contribution is -2.27. The van der Waals surface area contributed by atoms with E-state index in [1.54, 1.807) is 23.5 Å². The van der Waals surface area contributed by atoms with Gasteiger partial charge in [-0.15, -0.1) is 0 Å². The lowest BCUT2D eigenvalue weighted by atomic mass is 10.1. The number of amides is 1. The van der Waals surface area contributed by atoms with Gasteiger partial charge in [0.25, 0.3) is 0 Å². The number of H-pyrrole nitrogens is 1. The number of rotatable bonds is 4. The van der Waals surface area contributed by atoms with E-state index in [4.69, 9.17) is 0 Å². The van der Waals surface area contributed by atoms with Crippen LogP contribution in [0.2, 0.25) is 0 Å². The number of pyridine rings is 1. The fraction of sp³-hybridized carbons (Fsp3) is 0.0500. The van der Waals surface area contributed by atoms with Crippen LogP contribution < -0.4 is 4.90 Å². The Bertz CT molecular complexity index is 996. The topological polar surface area (TPSA) is 61.9 Å². The molecule has 5 heteroatoms. The molecule has 122 valence electrons. The Morgan fingerprint density at radius 2 is 1.84 bits per heavy atom. The molecule has 0 saturated heterocycles. The monoisotopic (exact) mass is 328 g/mol. The smallest absolute Gasteiger partial charge is 0.236 e. The zero-order valence-electron chi connectivity index (χ0n) is 13.5. The van der Waals surface area contributed by atoms with Crippen molar-refractivity contribution in [3.05, 3.63) is 84.8 Å². The highest BCUT2D eigenvalue weighted by molar-refractivity contribution is 6.02. The van der Waals surface area contributed by atoms with E-state index in [0.29, 0.717) is 6.42 Å². The third-order valence-electron chi connectivity index (χ3n) is 4.03. The predicted octanol–water partition coefficient (Wildman–Crippen LogP) is 3.87. The number of hydrogen-bond donors (Lipinski definition) is 1. The summed E-state index contributed by atoms with van der Waals surface area (Å²) < 4.78 is 0.